The molecule has 0 aliphatic heterocycles. The average Bonchev–Trinajstić information content (AvgIpc) is 2.81. The molecule has 6 heteroatoms. The fourth-order valence-corrected chi connectivity index (χ4v) is 2.11. The number of nitrogen functional groups attached to an aromatic ring is 1. The third-order valence-electron chi connectivity index (χ3n) is 2.93. The Morgan fingerprint density at radius 3 is 2.71 bits per heavy atom. The summed E-state index contributed by atoms with van der Waals surface area (Å²) < 4.78 is 5.67. The van der Waals surface area contributed by atoms with Gasteiger partial charge in [-0.3, -0.25) is 16.0 Å². The zero-order valence-corrected chi connectivity index (χ0v) is 9.39. The van der Waals surface area contributed by atoms with Gasteiger partial charge in [0.05, 0.1) is 11.0 Å². The second-order valence-electron chi connectivity index (χ2n) is 4.08. The summed E-state index contributed by atoms with van der Waals surface area (Å²) in [7, 11) is 0. The van der Waals surface area contributed by atoms with Crippen molar-refractivity contribution in [2.24, 2.45) is 5.84 Å². The molecule has 0 radical (unpaired) electrons. The molecule has 0 atom stereocenters. The minimum atomic E-state index is -0.473. The van der Waals surface area contributed by atoms with Crippen LogP contribution in [0.5, 0.6) is 5.75 Å². The van der Waals surface area contributed by atoms with E-state index in [4.69, 9.17) is 10.6 Å². The predicted molar refractivity (Wildman–Crippen MR) is 63.8 cm³/mol. The van der Waals surface area contributed by atoms with Crippen LogP contribution in [0.1, 0.15) is 25.7 Å². The lowest BCUT2D eigenvalue weighted by Gasteiger charge is -2.14. The van der Waals surface area contributed by atoms with Crippen LogP contribution in [-0.4, -0.2) is 11.0 Å². The Morgan fingerprint density at radius 1 is 1.41 bits per heavy atom. The van der Waals surface area contributed by atoms with E-state index in [2.05, 4.69) is 5.43 Å². The highest BCUT2D eigenvalue weighted by atomic mass is 16.6. The number of rotatable bonds is 4. The van der Waals surface area contributed by atoms with Crippen molar-refractivity contribution in [1.82, 2.24) is 0 Å². The molecule has 1 aliphatic carbocycles. The smallest absolute Gasteiger partial charge is 0.335 e. The van der Waals surface area contributed by atoms with Gasteiger partial charge in [0, 0.05) is 0 Å². The van der Waals surface area contributed by atoms with Crippen LogP contribution in [0.2, 0.25) is 0 Å². The minimum absolute atomic E-state index is 0.0849. The van der Waals surface area contributed by atoms with Gasteiger partial charge in [-0.1, -0.05) is 6.07 Å². The number of nitro benzene ring substituents is 1. The van der Waals surface area contributed by atoms with Crippen molar-refractivity contribution in [1.29, 1.82) is 0 Å². The number of ether oxygens (including phenoxy) is 1. The first-order valence-electron chi connectivity index (χ1n) is 5.63. The highest BCUT2D eigenvalue weighted by Gasteiger charge is 2.24. The molecule has 1 aromatic rings. The van der Waals surface area contributed by atoms with Crippen LogP contribution < -0.4 is 16.0 Å². The lowest BCUT2D eigenvalue weighted by molar-refractivity contribution is -0.385. The Kier molecular flexibility index (Phi) is 3.43. The first kappa shape index (κ1) is 11.7. The Hall–Kier alpha value is -1.82. The number of nitrogens with zero attached hydrogens (tertiary/aromatic N) is 1. The molecule has 6 nitrogen and oxygen atoms in total. The maximum Gasteiger partial charge on any atom is 0.335 e. The third-order valence-corrected chi connectivity index (χ3v) is 2.93. The molecule has 0 aromatic heterocycles. The van der Waals surface area contributed by atoms with E-state index in [9.17, 15) is 10.1 Å². The summed E-state index contributed by atoms with van der Waals surface area (Å²) in [6, 6.07) is 4.85. The van der Waals surface area contributed by atoms with Gasteiger partial charge in [0.25, 0.3) is 0 Å². The summed E-state index contributed by atoms with van der Waals surface area (Å²) in [6.07, 6.45) is 4.23. The number of benzene rings is 1. The van der Waals surface area contributed by atoms with Crippen LogP contribution in [0.25, 0.3) is 0 Å². The molecule has 3 N–H and O–H groups in total. The number of anilines is 1. The van der Waals surface area contributed by atoms with Gasteiger partial charge in [-0.05, 0) is 37.8 Å². The lowest BCUT2D eigenvalue weighted by atomic mass is 10.2. The van der Waals surface area contributed by atoms with Crippen molar-refractivity contribution in [3.05, 3.63) is 28.3 Å². The molecule has 0 amide bonds. The van der Waals surface area contributed by atoms with Crippen molar-refractivity contribution < 1.29 is 9.66 Å². The summed E-state index contributed by atoms with van der Waals surface area (Å²) in [4.78, 5) is 10.5. The van der Waals surface area contributed by atoms with Gasteiger partial charge in [-0.25, -0.2) is 0 Å². The van der Waals surface area contributed by atoms with Gasteiger partial charge >= 0.3 is 5.69 Å². The molecule has 2 rings (SSSR count). The van der Waals surface area contributed by atoms with E-state index in [0.717, 1.165) is 25.7 Å². The number of hydrazine groups is 1. The van der Waals surface area contributed by atoms with Crippen LogP contribution in [0.4, 0.5) is 11.4 Å². The van der Waals surface area contributed by atoms with Crippen molar-refractivity contribution in [3.63, 3.8) is 0 Å². The van der Waals surface area contributed by atoms with Gasteiger partial charge in [0.15, 0.2) is 5.75 Å². The molecule has 0 unspecified atom stereocenters. The van der Waals surface area contributed by atoms with Crippen molar-refractivity contribution >= 4 is 11.4 Å². The van der Waals surface area contributed by atoms with Crippen molar-refractivity contribution in [2.75, 3.05) is 5.43 Å². The quantitative estimate of drug-likeness (QED) is 0.476. The zero-order valence-electron chi connectivity index (χ0n) is 9.39. The van der Waals surface area contributed by atoms with Gasteiger partial charge in [0.2, 0.25) is 0 Å². The van der Waals surface area contributed by atoms with E-state index in [1.165, 1.54) is 0 Å². The SMILES string of the molecule is NNc1cccc(OC2CCCC2)c1[N+](=O)[O-]. The molecular formula is C11H15N3O3. The summed E-state index contributed by atoms with van der Waals surface area (Å²) in [5, 5.41) is 11.0. The standard InChI is InChI=1S/C11H15N3O3/c12-13-9-6-3-7-10(11(9)14(15)16)17-8-4-1-2-5-8/h3,6-8,13H,1-2,4-5,12H2. The molecule has 0 spiro atoms. The number of nitrogens with two attached hydrogens (primary N) is 1. The highest BCUT2D eigenvalue weighted by Crippen LogP contribution is 2.36. The Morgan fingerprint density at radius 2 is 2.12 bits per heavy atom. The number of hydrogen-bond donors (Lipinski definition) is 2. The largest absolute Gasteiger partial charge is 0.483 e. The molecule has 0 bridgehead atoms. The second-order valence-corrected chi connectivity index (χ2v) is 4.08. The molecule has 0 heterocycles. The monoisotopic (exact) mass is 237 g/mol. The fourth-order valence-electron chi connectivity index (χ4n) is 2.11. The van der Waals surface area contributed by atoms with Gasteiger partial charge in [-0.2, -0.15) is 0 Å². The molecule has 0 saturated heterocycles. The van der Waals surface area contributed by atoms with E-state index >= 15 is 0 Å². The lowest BCUT2D eigenvalue weighted by Crippen LogP contribution is -2.14. The fraction of sp³-hybridized carbons (Fsp3) is 0.455. The van der Waals surface area contributed by atoms with Gasteiger partial charge in [0.1, 0.15) is 5.69 Å². The van der Waals surface area contributed by atoms with E-state index < -0.39 is 4.92 Å². The number of nitro groups is 1. The first-order chi connectivity index (χ1) is 8.22. The van der Waals surface area contributed by atoms with Crippen LogP contribution in [0.3, 0.4) is 0 Å². The van der Waals surface area contributed by atoms with Crippen LogP contribution in [0.15, 0.2) is 18.2 Å². The first-order valence-corrected chi connectivity index (χ1v) is 5.63. The highest BCUT2D eigenvalue weighted by molar-refractivity contribution is 5.67. The number of para-hydroxylation sites is 1. The Labute approximate surface area is 98.9 Å². The van der Waals surface area contributed by atoms with Crippen molar-refractivity contribution in [2.45, 2.75) is 31.8 Å². The van der Waals surface area contributed by atoms with Gasteiger partial charge in [-0.15, -0.1) is 0 Å². The molecule has 1 aromatic carbocycles. The van der Waals surface area contributed by atoms with Crippen LogP contribution in [0, 0.1) is 10.1 Å². The minimum Gasteiger partial charge on any atom is -0.483 e. The van der Waals surface area contributed by atoms with Crippen LogP contribution >= 0.6 is 0 Å². The Balaban J connectivity index is 2.28. The second kappa shape index (κ2) is 5.01. The molecule has 1 saturated carbocycles. The van der Waals surface area contributed by atoms with Crippen molar-refractivity contribution in [3.8, 4) is 5.75 Å². The predicted octanol–water partition coefficient (Wildman–Crippen LogP) is 2.20. The van der Waals surface area contributed by atoms with E-state index in [-0.39, 0.29) is 23.2 Å². The van der Waals surface area contributed by atoms with E-state index in [1.54, 1.807) is 18.2 Å². The molecule has 1 fully saturated rings. The zero-order chi connectivity index (χ0) is 12.3. The number of nitrogens with one attached hydrogen (secondary N) is 1. The number of hydrogen-bond acceptors (Lipinski definition) is 5. The summed E-state index contributed by atoms with van der Waals surface area (Å²) in [6.45, 7) is 0. The molecule has 1 aliphatic rings. The molecule has 17 heavy (non-hydrogen) atoms. The van der Waals surface area contributed by atoms with Crippen LogP contribution in [-0.2, 0) is 0 Å². The molecular weight excluding hydrogens is 222 g/mol. The van der Waals surface area contributed by atoms with E-state index in [0.29, 0.717) is 0 Å². The van der Waals surface area contributed by atoms with Gasteiger partial charge < -0.3 is 10.2 Å². The maximum atomic E-state index is 11.0. The maximum absolute atomic E-state index is 11.0. The summed E-state index contributed by atoms with van der Waals surface area (Å²) >= 11 is 0. The topological polar surface area (TPSA) is 90.4 Å². The Bertz CT molecular complexity index is 416. The van der Waals surface area contributed by atoms with E-state index in [1.807, 2.05) is 0 Å². The normalized spacial score (nSPS) is 15.8. The summed E-state index contributed by atoms with van der Waals surface area (Å²) in [5.74, 6) is 5.54. The third kappa shape index (κ3) is 2.47. The summed E-state index contributed by atoms with van der Waals surface area (Å²) in [5.41, 5.74) is 2.49. The molecule has 92 valence electrons. The average molecular weight is 237 g/mol.